The monoisotopic (exact) mass is 365 g/mol. The molecule has 0 aliphatic rings. The van der Waals surface area contributed by atoms with Gasteiger partial charge in [-0.1, -0.05) is 27.4 Å². The number of rotatable bonds is 4. The Morgan fingerprint density at radius 2 is 1.92 bits per heavy atom. The highest BCUT2D eigenvalue weighted by Crippen LogP contribution is 2.25. The Balaban J connectivity index is 2.01. The predicted octanol–water partition coefficient (Wildman–Crippen LogP) is 1.13. The van der Waals surface area contributed by atoms with Crippen LogP contribution in [0.2, 0.25) is 0 Å². The van der Waals surface area contributed by atoms with E-state index in [2.05, 4.69) is 24.6 Å². The number of aromatic nitrogens is 5. The summed E-state index contributed by atoms with van der Waals surface area (Å²) < 4.78 is 34.1. The first kappa shape index (κ1) is 16.2. The lowest BCUT2D eigenvalue weighted by atomic mass is 10.2. The molecular formula is C13H11N5O4S2. The van der Waals surface area contributed by atoms with Crippen LogP contribution in [0.4, 0.5) is 0 Å². The molecule has 2 heterocycles. The smallest absolute Gasteiger partial charge is 0.360 e. The van der Waals surface area contributed by atoms with Crippen molar-refractivity contribution in [1.82, 2.24) is 24.0 Å². The van der Waals surface area contributed by atoms with Crippen LogP contribution in [-0.4, -0.2) is 45.5 Å². The summed E-state index contributed by atoms with van der Waals surface area (Å²) in [6, 6.07) is 6.35. The maximum Gasteiger partial charge on any atom is 0.360 e. The summed E-state index contributed by atoms with van der Waals surface area (Å²) in [6.45, 7) is 1.86. The van der Waals surface area contributed by atoms with Gasteiger partial charge in [-0.25, -0.2) is 4.79 Å². The van der Waals surface area contributed by atoms with Crippen molar-refractivity contribution >= 4 is 27.5 Å². The summed E-state index contributed by atoms with van der Waals surface area (Å²) in [5.41, 5.74) is 1.06. The fourth-order valence-corrected chi connectivity index (χ4v) is 3.55. The van der Waals surface area contributed by atoms with Crippen molar-refractivity contribution in [3.05, 3.63) is 41.7 Å². The summed E-state index contributed by atoms with van der Waals surface area (Å²) in [4.78, 5) is 12.0. The van der Waals surface area contributed by atoms with Crippen LogP contribution in [0, 0.1) is 6.92 Å². The van der Waals surface area contributed by atoms with E-state index in [0.717, 1.165) is 21.2 Å². The van der Waals surface area contributed by atoms with Crippen LogP contribution in [0.1, 0.15) is 16.1 Å². The van der Waals surface area contributed by atoms with Gasteiger partial charge in [-0.05, 0) is 30.6 Å². The van der Waals surface area contributed by atoms with Gasteiger partial charge in [0.2, 0.25) is 0 Å². The van der Waals surface area contributed by atoms with Crippen LogP contribution in [0.25, 0.3) is 10.6 Å². The minimum Gasteiger partial charge on any atom is -0.464 e. The minimum atomic E-state index is -3.87. The topological polar surface area (TPSA) is 117 Å². The van der Waals surface area contributed by atoms with E-state index in [9.17, 15) is 13.2 Å². The molecule has 3 aromatic rings. The molecule has 24 heavy (non-hydrogen) atoms. The molecule has 11 heteroatoms. The van der Waals surface area contributed by atoms with Gasteiger partial charge < -0.3 is 4.74 Å². The van der Waals surface area contributed by atoms with Gasteiger partial charge >= 0.3 is 5.97 Å². The third-order valence-electron chi connectivity index (χ3n) is 3.14. The maximum atomic E-state index is 12.5. The molecule has 0 spiro atoms. The van der Waals surface area contributed by atoms with Crippen LogP contribution >= 0.6 is 11.5 Å². The van der Waals surface area contributed by atoms with Gasteiger partial charge in [0.1, 0.15) is 10.6 Å². The van der Waals surface area contributed by atoms with E-state index in [-0.39, 0.29) is 21.2 Å². The van der Waals surface area contributed by atoms with E-state index in [4.69, 9.17) is 0 Å². The average Bonchev–Trinajstić information content (AvgIpc) is 3.23. The highest BCUT2D eigenvalue weighted by Gasteiger charge is 2.24. The summed E-state index contributed by atoms with van der Waals surface area (Å²) in [6.07, 6.45) is 1.21. The highest BCUT2D eigenvalue weighted by molar-refractivity contribution is 7.89. The molecule has 0 saturated carbocycles. The molecule has 9 nitrogen and oxygen atoms in total. The SMILES string of the molecule is COC(=O)c1nnsc1-c1cn(S(=O)(=O)c2ccc(C)cc2)nn1. The molecule has 0 saturated heterocycles. The molecule has 0 bridgehead atoms. The molecule has 0 N–H and O–H groups in total. The van der Waals surface area contributed by atoms with Crippen molar-refractivity contribution in [3.8, 4) is 10.6 Å². The molecule has 0 aliphatic heterocycles. The van der Waals surface area contributed by atoms with Crippen LogP contribution in [0.5, 0.6) is 0 Å². The van der Waals surface area contributed by atoms with Gasteiger partial charge in [-0.2, -0.15) is 8.42 Å². The fraction of sp³-hybridized carbons (Fsp3) is 0.154. The number of carbonyl (C=O) groups excluding carboxylic acids is 1. The first-order valence-corrected chi connectivity index (χ1v) is 8.80. The lowest BCUT2D eigenvalue weighted by molar-refractivity contribution is 0.0595. The standard InChI is InChI=1S/C13H11N5O4S2/c1-8-3-5-9(6-4-8)24(20,21)18-7-10(14-16-18)12-11(13(19)22-2)15-17-23-12/h3-7H,1-2H3. The van der Waals surface area contributed by atoms with Gasteiger partial charge in [-0.15, -0.1) is 14.3 Å². The zero-order chi connectivity index (χ0) is 17.3. The number of nitrogens with zero attached hydrogens (tertiary/aromatic N) is 5. The van der Waals surface area contributed by atoms with Crippen molar-refractivity contribution in [2.24, 2.45) is 0 Å². The maximum absolute atomic E-state index is 12.5. The first-order valence-electron chi connectivity index (χ1n) is 6.59. The third-order valence-corrected chi connectivity index (χ3v) is 5.43. The van der Waals surface area contributed by atoms with Crippen LogP contribution in [-0.2, 0) is 14.8 Å². The number of esters is 1. The van der Waals surface area contributed by atoms with E-state index in [1.807, 2.05) is 6.92 Å². The van der Waals surface area contributed by atoms with Crippen LogP contribution < -0.4 is 0 Å². The Kier molecular flexibility index (Phi) is 4.11. The summed E-state index contributed by atoms with van der Waals surface area (Å²) in [7, 11) is -2.66. The van der Waals surface area contributed by atoms with Crippen molar-refractivity contribution in [2.75, 3.05) is 7.11 Å². The molecule has 124 valence electrons. The molecule has 0 fully saturated rings. The minimum absolute atomic E-state index is 0.0396. The summed E-state index contributed by atoms with van der Waals surface area (Å²) in [5.74, 6) is -0.685. The number of methoxy groups -OCH3 is 1. The number of hydrogen-bond acceptors (Lipinski definition) is 9. The van der Waals surface area contributed by atoms with Gasteiger partial charge in [0, 0.05) is 0 Å². The van der Waals surface area contributed by atoms with Crippen molar-refractivity contribution in [1.29, 1.82) is 0 Å². The number of hydrogen-bond donors (Lipinski definition) is 0. The normalized spacial score (nSPS) is 11.4. The van der Waals surface area contributed by atoms with Gasteiger partial charge in [0.05, 0.1) is 18.2 Å². The molecule has 2 aromatic heterocycles. The van der Waals surface area contributed by atoms with Crippen molar-refractivity contribution < 1.29 is 17.9 Å². The number of ether oxygens (including phenoxy) is 1. The van der Waals surface area contributed by atoms with Gasteiger partial charge in [0.15, 0.2) is 5.69 Å². The van der Waals surface area contributed by atoms with E-state index in [1.165, 1.54) is 25.4 Å². The molecule has 0 unspecified atom stereocenters. The number of carbonyl (C=O) groups is 1. The second kappa shape index (κ2) is 6.09. The summed E-state index contributed by atoms with van der Waals surface area (Å²) in [5, 5.41) is 11.1. The van der Waals surface area contributed by atoms with Crippen LogP contribution in [0.3, 0.4) is 0 Å². The molecule has 1 aromatic carbocycles. The Hall–Kier alpha value is -2.66. The lowest BCUT2D eigenvalue weighted by Crippen LogP contribution is -2.13. The molecule has 0 aliphatic carbocycles. The third kappa shape index (κ3) is 2.78. The fourth-order valence-electron chi connectivity index (χ4n) is 1.88. The highest BCUT2D eigenvalue weighted by atomic mass is 32.2. The molecule has 0 amide bonds. The Labute approximate surface area is 141 Å². The zero-order valence-electron chi connectivity index (χ0n) is 12.6. The molecule has 3 rings (SSSR count). The second-order valence-electron chi connectivity index (χ2n) is 4.74. The zero-order valence-corrected chi connectivity index (χ0v) is 14.2. The lowest BCUT2D eigenvalue weighted by Gasteiger charge is -2.03. The van der Waals surface area contributed by atoms with Crippen molar-refractivity contribution in [2.45, 2.75) is 11.8 Å². The Morgan fingerprint density at radius 1 is 1.21 bits per heavy atom. The molecular weight excluding hydrogens is 354 g/mol. The quantitative estimate of drug-likeness (QED) is 0.632. The number of aryl methyl sites for hydroxylation is 1. The van der Waals surface area contributed by atoms with Gasteiger partial charge in [0.25, 0.3) is 10.0 Å². The Bertz CT molecular complexity index is 992. The van der Waals surface area contributed by atoms with E-state index in [1.54, 1.807) is 12.1 Å². The van der Waals surface area contributed by atoms with E-state index < -0.39 is 16.0 Å². The molecule has 0 radical (unpaired) electrons. The average molecular weight is 365 g/mol. The number of benzene rings is 1. The van der Waals surface area contributed by atoms with E-state index >= 15 is 0 Å². The Morgan fingerprint density at radius 3 is 2.58 bits per heavy atom. The van der Waals surface area contributed by atoms with Crippen molar-refractivity contribution in [3.63, 3.8) is 0 Å². The first-order chi connectivity index (χ1) is 11.4. The van der Waals surface area contributed by atoms with Crippen LogP contribution in [0.15, 0.2) is 35.4 Å². The second-order valence-corrected chi connectivity index (χ2v) is 7.29. The largest absolute Gasteiger partial charge is 0.464 e. The summed E-state index contributed by atoms with van der Waals surface area (Å²) >= 11 is 0.895. The molecule has 0 atom stereocenters. The van der Waals surface area contributed by atoms with E-state index in [0.29, 0.717) is 0 Å². The van der Waals surface area contributed by atoms with Gasteiger partial charge in [-0.3, -0.25) is 0 Å². The predicted molar refractivity (Wildman–Crippen MR) is 84.0 cm³/mol.